The number of hydrogen-bond acceptors (Lipinski definition) is 2. The van der Waals surface area contributed by atoms with E-state index in [-0.39, 0.29) is 18.6 Å². The first-order chi connectivity index (χ1) is 8.17. The molecule has 0 aromatic heterocycles. The average molecular weight is 298 g/mol. The van der Waals surface area contributed by atoms with Gasteiger partial charge in [-0.3, -0.25) is 4.79 Å². The fraction of sp³-hybridized carbons (Fsp3) is 0.308. The van der Waals surface area contributed by atoms with Crippen molar-refractivity contribution in [2.75, 3.05) is 6.61 Å². The molecule has 2 N–H and O–H groups in total. The van der Waals surface area contributed by atoms with Gasteiger partial charge in [-0.05, 0) is 24.1 Å². The second-order valence-electron chi connectivity index (χ2n) is 3.65. The molecule has 0 radical (unpaired) electrons. The van der Waals surface area contributed by atoms with Crippen LogP contribution in [0.4, 0.5) is 0 Å². The molecule has 1 rings (SSSR count). The van der Waals surface area contributed by atoms with Crippen molar-refractivity contribution in [3.05, 3.63) is 40.4 Å². The Hall–Kier alpha value is -1.13. The van der Waals surface area contributed by atoms with Crippen LogP contribution in [0.5, 0.6) is 0 Å². The van der Waals surface area contributed by atoms with Crippen LogP contribution < -0.4 is 5.32 Å². The summed E-state index contributed by atoms with van der Waals surface area (Å²) in [6.45, 7) is 1.88. The molecule has 4 heteroatoms. The van der Waals surface area contributed by atoms with E-state index in [1.54, 1.807) is 6.08 Å². The highest BCUT2D eigenvalue weighted by atomic mass is 79.9. The van der Waals surface area contributed by atoms with Gasteiger partial charge in [-0.15, -0.1) is 0 Å². The summed E-state index contributed by atoms with van der Waals surface area (Å²) >= 11 is 3.40. The monoisotopic (exact) mass is 297 g/mol. The van der Waals surface area contributed by atoms with Gasteiger partial charge >= 0.3 is 0 Å². The molecule has 0 saturated carbocycles. The molecule has 1 amide bonds. The first-order valence-electron chi connectivity index (χ1n) is 5.51. The predicted octanol–water partition coefficient (Wildman–Crippen LogP) is 2.35. The van der Waals surface area contributed by atoms with Crippen LogP contribution in [0.15, 0.2) is 34.8 Å². The highest BCUT2D eigenvalue weighted by Crippen LogP contribution is 2.16. The number of aliphatic hydroxyl groups is 1. The van der Waals surface area contributed by atoms with Crippen molar-refractivity contribution in [2.24, 2.45) is 0 Å². The van der Waals surface area contributed by atoms with Crippen LogP contribution in [-0.2, 0) is 4.79 Å². The lowest BCUT2D eigenvalue weighted by atomic mass is 10.2. The Labute approximate surface area is 110 Å². The maximum Gasteiger partial charge on any atom is 0.244 e. The third-order valence-electron chi connectivity index (χ3n) is 2.38. The van der Waals surface area contributed by atoms with Crippen molar-refractivity contribution in [3.63, 3.8) is 0 Å². The van der Waals surface area contributed by atoms with Gasteiger partial charge in [0.15, 0.2) is 0 Å². The molecule has 0 spiro atoms. The molecule has 3 nitrogen and oxygen atoms in total. The zero-order chi connectivity index (χ0) is 12.7. The highest BCUT2D eigenvalue weighted by molar-refractivity contribution is 9.10. The molecule has 1 aromatic carbocycles. The van der Waals surface area contributed by atoms with Gasteiger partial charge in [-0.25, -0.2) is 0 Å². The molecule has 0 aliphatic heterocycles. The number of amides is 1. The Kier molecular flexibility index (Phi) is 5.94. The topological polar surface area (TPSA) is 49.3 Å². The van der Waals surface area contributed by atoms with Crippen LogP contribution in [0.2, 0.25) is 0 Å². The minimum atomic E-state index is -0.193. The number of nitrogens with one attached hydrogen (secondary N) is 1. The van der Waals surface area contributed by atoms with Crippen molar-refractivity contribution in [2.45, 2.75) is 19.4 Å². The summed E-state index contributed by atoms with van der Waals surface area (Å²) in [4.78, 5) is 11.5. The van der Waals surface area contributed by atoms with Crippen LogP contribution in [0.3, 0.4) is 0 Å². The number of benzene rings is 1. The zero-order valence-electron chi connectivity index (χ0n) is 9.69. The van der Waals surface area contributed by atoms with Crippen molar-refractivity contribution in [1.82, 2.24) is 5.32 Å². The smallest absolute Gasteiger partial charge is 0.244 e. The molecule has 0 bridgehead atoms. The summed E-state index contributed by atoms with van der Waals surface area (Å²) < 4.78 is 0.943. The third kappa shape index (κ3) is 4.71. The lowest BCUT2D eigenvalue weighted by molar-refractivity contribution is -0.117. The van der Waals surface area contributed by atoms with E-state index in [1.807, 2.05) is 31.2 Å². The Morgan fingerprint density at radius 2 is 2.24 bits per heavy atom. The van der Waals surface area contributed by atoms with Crippen LogP contribution >= 0.6 is 15.9 Å². The first-order valence-corrected chi connectivity index (χ1v) is 6.30. The van der Waals surface area contributed by atoms with Gasteiger partial charge in [0.1, 0.15) is 0 Å². The molecular weight excluding hydrogens is 282 g/mol. The molecule has 17 heavy (non-hydrogen) atoms. The molecule has 0 aliphatic carbocycles. The van der Waals surface area contributed by atoms with E-state index in [0.717, 1.165) is 10.0 Å². The summed E-state index contributed by atoms with van der Waals surface area (Å²) in [5.41, 5.74) is 0.944. The zero-order valence-corrected chi connectivity index (χ0v) is 11.3. The van der Waals surface area contributed by atoms with E-state index in [4.69, 9.17) is 5.11 Å². The van der Waals surface area contributed by atoms with Gasteiger partial charge in [-0.1, -0.05) is 41.1 Å². The van der Waals surface area contributed by atoms with Crippen molar-refractivity contribution in [3.8, 4) is 0 Å². The number of halogens is 1. The maximum absolute atomic E-state index is 11.5. The quantitative estimate of drug-likeness (QED) is 0.820. The van der Waals surface area contributed by atoms with E-state index in [0.29, 0.717) is 6.42 Å². The first kappa shape index (κ1) is 13.9. The van der Waals surface area contributed by atoms with Gasteiger partial charge in [0.25, 0.3) is 0 Å². The summed E-state index contributed by atoms with van der Waals surface area (Å²) in [7, 11) is 0. The fourth-order valence-electron chi connectivity index (χ4n) is 1.30. The molecule has 0 saturated heterocycles. The molecule has 0 fully saturated rings. The molecule has 1 atom stereocenters. The minimum absolute atomic E-state index is 0.0366. The summed E-state index contributed by atoms with van der Waals surface area (Å²) in [6, 6.07) is 7.48. The second-order valence-corrected chi connectivity index (χ2v) is 4.51. The van der Waals surface area contributed by atoms with Gasteiger partial charge in [0.05, 0.1) is 12.6 Å². The number of hydrogen-bond donors (Lipinski definition) is 2. The number of rotatable bonds is 5. The van der Waals surface area contributed by atoms with Crippen molar-refractivity contribution < 1.29 is 9.90 Å². The Morgan fingerprint density at radius 1 is 1.53 bits per heavy atom. The summed E-state index contributed by atoms with van der Waals surface area (Å²) in [5, 5.41) is 11.7. The number of carbonyl (C=O) groups is 1. The number of aliphatic hydroxyl groups excluding tert-OH is 1. The van der Waals surface area contributed by atoms with Crippen molar-refractivity contribution in [1.29, 1.82) is 0 Å². The van der Waals surface area contributed by atoms with Crippen molar-refractivity contribution >= 4 is 27.9 Å². The Bertz CT molecular complexity index is 400. The fourth-order valence-corrected chi connectivity index (χ4v) is 1.72. The second kappa shape index (κ2) is 7.25. The maximum atomic E-state index is 11.5. The van der Waals surface area contributed by atoms with Crippen LogP contribution in [-0.4, -0.2) is 23.7 Å². The van der Waals surface area contributed by atoms with Gasteiger partial charge in [0, 0.05) is 10.5 Å². The van der Waals surface area contributed by atoms with Crippen LogP contribution in [0.25, 0.3) is 6.08 Å². The lowest BCUT2D eigenvalue weighted by Gasteiger charge is -2.11. The van der Waals surface area contributed by atoms with E-state index >= 15 is 0 Å². The summed E-state index contributed by atoms with van der Waals surface area (Å²) in [5.74, 6) is -0.193. The molecule has 0 unspecified atom stereocenters. The van der Waals surface area contributed by atoms with E-state index in [1.165, 1.54) is 6.08 Å². The predicted molar refractivity (Wildman–Crippen MR) is 72.5 cm³/mol. The van der Waals surface area contributed by atoms with Gasteiger partial charge in [0.2, 0.25) is 5.91 Å². The van der Waals surface area contributed by atoms with Crippen LogP contribution in [0.1, 0.15) is 18.9 Å². The van der Waals surface area contributed by atoms with Gasteiger partial charge in [-0.2, -0.15) is 0 Å². The average Bonchev–Trinajstić information content (AvgIpc) is 2.35. The van der Waals surface area contributed by atoms with Crippen LogP contribution in [0, 0.1) is 0 Å². The summed E-state index contributed by atoms with van der Waals surface area (Å²) in [6.07, 6.45) is 3.92. The molecule has 0 aliphatic rings. The molecule has 0 heterocycles. The van der Waals surface area contributed by atoms with Gasteiger partial charge < -0.3 is 10.4 Å². The minimum Gasteiger partial charge on any atom is -0.394 e. The SMILES string of the molecule is CC[C@@H](CO)NC(=O)/C=C/c1ccccc1Br. The molecule has 1 aromatic rings. The largest absolute Gasteiger partial charge is 0.394 e. The Morgan fingerprint density at radius 3 is 2.82 bits per heavy atom. The standard InChI is InChI=1S/C13H16BrNO2/c1-2-11(9-16)15-13(17)8-7-10-5-3-4-6-12(10)14/h3-8,11,16H,2,9H2,1H3,(H,15,17)/b8-7+/t11-/m0/s1. The Balaban J connectivity index is 2.60. The third-order valence-corrected chi connectivity index (χ3v) is 3.10. The number of carbonyl (C=O) groups excluding carboxylic acids is 1. The lowest BCUT2D eigenvalue weighted by Crippen LogP contribution is -2.35. The molecular formula is C13H16BrNO2. The van der Waals surface area contributed by atoms with E-state index < -0.39 is 0 Å². The normalized spacial score (nSPS) is 12.6. The van der Waals surface area contributed by atoms with E-state index in [2.05, 4.69) is 21.2 Å². The molecule has 92 valence electrons. The highest BCUT2D eigenvalue weighted by Gasteiger charge is 2.05. The van der Waals surface area contributed by atoms with E-state index in [9.17, 15) is 4.79 Å².